The normalized spacial score (nSPS) is 11.0. The minimum atomic E-state index is -0.275. The lowest BCUT2D eigenvalue weighted by molar-refractivity contribution is -0.142. The van der Waals surface area contributed by atoms with Crippen LogP contribution in [0.4, 0.5) is 5.13 Å². The number of benzene rings is 1. The van der Waals surface area contributed by atoms with Crippen LogP contribution in [-0.2, 0) is 16.0 Å². The monoisotopic (exact) mass is 386 g/mol. The number of rotatable bonds is 7. The molecule has 0 amide bonds. The molecular weight excluding hydrogens is 368 g/mol. The average Bonchev–Trinajstić information content (AvgIpc) is 3.24. The van der Waals surface area contributed by atoms with E-state index in [1.165, 1.54) is 22.9 Å². The van der Waals surface area contributed by atoms with Crippen LogP contribution in [0.15, 0.2) is 40.8 Å². The smallest absolute Gasteiger partial charge is 0.311 e. The Morgan fingerprint density at radius 2 is 2.27 bits per heavy atom. The number of hydrogen-bond donors (Lipinski definition) is 1. The van der Waals surface area contributed by atoms with Crippen LogP contribution in [0, 0.1) is 6.92 Å². The third kappa shape index (κ3) is 4.96. The first-order valence-electron chi connectivity index (χ1n) is 8.07. The van der Waals surface area contributed by atoms with Crippen LogP contribution >= 0.6 is 22.9 Å². The van der Waals surface area contributed by atoms with E-state index in [1.54, 1.807) is 13.1 Å². The highest BCUT2D eigenvalue weighted by atomic mass is 32.1. The van der Waals surface area contributed by atoms with E-state index < -0.39 is 0 Å². The van der Waals surface area contributed by atoms with Gasteiger partial charge >= 0.3 is 5.97 Å². The van der Waals surface area contributed by atoms with Crippen LogP contribution in [0.2, 0.25) is 0 Å². The van der Waals surface area contributed by atoms with Gasteiger partial charge in [0.15, 0.2) is 0 Å². The van der Waals surface area contributed by atoms with Crippen molar-refractivity contribution in [3.63, 3.8) is 0 Å². The highest BCUT2D eigenvalue weighted by Crippen LogP contribution is 2.25. The largest absolute Gasteiger partial charge is 0.466 e. The number of esters is 1. The molecule has 0 atom stereocenters. The Morgan fingerprint density at radius 1 is 1.38 bits per heavy atom. The van der Waals surface area contributed by atoms with Crippen molar-refractivity contribution >= 4 is 40.2 Å². The molecule has 0 bridgehead atoms. The van der Waals surface area contributed by atoms with Gasteiger partial charge in [0.05, 0.1) is 35.5 Å². The van der Waals surface area contributed by atoms with Gasteiger partial charge in [-0.1, -0.05) is 18.2 Å². The zero-order valence-corrected chi connectivity index (χ0v) is 16.1. The molecule has 3 aromatic rings. The molecule has 1 aromatic carbocycles. The number of ether oxygens (including phenoxy) is 1. The molecule has 2 heterocycles. The predicted octanol–water partition coefficient (Wildman–Crippen LogP) is 4.13. The second-order valence-electron chi connectivity index (χ2n) is 5.45. The van der Waals surface area contributed by atoms with E-state index in [2.05, 4.69) is 38.1 Å². The quantitative estimate of drug-likeness (QED) is 0.375. The molecule has 0 aliphatic rings. The Labute approximate surface area is 159 Å². The van der Waals surface area contributed by atoms with Gasteiger partial charge in [-0.25, -0.2) is 4.98 Å². The molecular formula is C18H18N4O2S2. The lowest BCUT2D eigenvalue weighted by Crippen LogP contribution is -2.07. The predicted molar refractivity (Wildman–Crippen MR) is 106 cm³/mol. The highest BCUT2D eigenvalue weighted by Gasteiger charge is 2.08. The topological polar surface area (TPSA) is 76.5 Å². The van der Waals surface area contributed by atoms with Crippen LogP contribution < -0.4 is 5.43 Å². The molecule has 0 radical (unpaired) electrons. The van der Waals surface area contributed by atoms with Gasteiger partial charge in [-0.05, 0) is 48.6 Å². The molecule has 0 fully saturated rings. The van der Waals surface area contributed by atoms with Crippen LogP contribution in [0.25, 0.3) is 10.4 Å². The number of carbonyl (C=O) groups excluding carboxylic acids is 1. The maximum atomic E-state index is 11.5. The Hall–Kier alpha value is -2.58. The summed E-state index contributed by atoms with van der Waals surface area (Å²) in [4.78, 5) is 16.9. The number of carbonyl (C=O) groups is 1. The first-order chi connectivity index (χ1) is 12.6. The zero-order valence-electron chi connectivity index (χ0n) is 14.4. The van der Waals surface area contributed by atoms with E-state index in [0.29, 0.717) is 17.4 Å². The van der Waals surface area contributed by atoms with Gasteiger partial charge in [-0.2, -0.15) is 9.47 Å². The summed E-state index contributed by atoms with van der Waals surface area (Å²) < 4.78 is 9.23. The minimum absolute atomic E-state index is 0.173. The summed E-state index contributed by atoms with van der Waals surface area (Å²) in [6.45, 7) is 4.14. The van der Waals surface area contributed by atoms with Gasteiger partial charge in [0, 0.05) is 5.38 Å². The van der Waals surface area contributed by atoms with Gasteiger partial charge in [-0.3, -0.25) is 10.2 Å². The molecule has 8 heteroatoms. The summed E-state index contributed by atoms with van der Waals surface area (Å²) in [7, 11) is 0. The molecule has 1 N–H and O–H groups in total. The summed E-state index contributed by atoms with van der Waals surface area (Å²) in [6.07, 6.45) is 1.91. The molecule has 0 unspecified atom stereocenters. The lowest BCUT2D eigenvalue weighted by atomic mass is 10.1. The van der Waals surface area contributed by atoms with Crippen molar-refractivity contribution in [1.29, 1.82) is 0 Å². The van der Waals surface area contributed by atoms with Gasteiger partial charge in [0.1, 0.15) is 0 Å². The third-order valence-electron chi connectivity index (χ3n) is 3.36. The standard InChI is InChI=1S/C18H18N4O2S2/c1-3-24-17(23)9-15-11-25-18(20-15)21-19-10-13-5-4-6-14(8-13)16-7-12(2)22-26-16/h4-8,10-11H,3,9H2,1-2H3,(H,20,21). The lowest BCUT2D eigenvalue weighted by Gasteiger charge is -1.99. The molecule has 134 valence electrons. The van der Waals surface area contributed by atoms with Crippen LogP contribution in [-0.4, -0.2) is 28.1 Å². The number of anilines is 1. The summed E-state index contributed by atoms with van der Waals surface area (Å²) in [5.41, 5.74) is 6.69. The molecule has 0 saturated carbocycles. The van der Waals surface area contributed by atoms with Gasteiger partial charge < -0.3 is 4.74 Å². The summed E-state index contributed by atoms with van der Waals surface area (Å²) in [6, 6.07) is 10.2. The average molecular weight is 387 g/mol. The zero-order chi connectivity index (χ0) is 18.4. The number of aryl methyl sites for hydroxylation is 1. The molecule has 3 rings (SSSR count). The summed E-state index contributed by atoms with van der Waals surface area (Å²) in [5.74, 6) is -0.275. The summed E-state index contributed by atoms with van der Waals surface area (Å²) in [5, 5.41) is 6.68. The Morgan fingerprint density at radius 3 is 3.04 bits per heavy atom. The SMILES string of the molecule is CCOC(=O)Cc1csc(NN=Cc2cccc(-c3cc(C)ns3)c2)n1. The molecule has 26 heavy (non-hydrogen) atoms. The minimum Gasteiger partial charge on any atom is -0.466 e. The Balaban J connectivity index is 1.61. The van der Waals surface area contributed by atoms with Crippen molar-refractivity contribution in [3.8, 4) is 10.4 Å². The molecule has 2 aromatic heterocycles. The first kappa shape index (κ1) is 18.2. The second-order valence-corrected chi connectivity index (χ2v) is 7.12. The Kier molecular flexibility index (Phi) is 6.08. The number of hydrogen-bond acceptors (Lipinski definition) is 8. The van der Waals surface area contributed by atoms with Crippen LogP contribution in [0.5, 0.6) is 0 Å². The van der Waals surface area contributed by atoms with Gasteiger partial charge in [-0.15, -0.1) is 11.3 Å². The number of aromatic nitrogens is 2. The molecule has 0 spiro atoms. The second kappa shape index (κ2) is 8.68. The first-order valence-corrected chi connectivity index (χ1v) is 9.72. The van der Waals surface area contributed by atoms with Crippen molar-refractivity contribution < 1.29 is 9.53 Å². The van der Waals surface area contributed by atoms with Gasteiger partial charge in [0.2, 0.25) is 5.13 Å². The number of hydrazone groups is 1. The van der Waals surface area contributed by atoms with E-state index in [-0.39, 0.29) is 12.4 Å². The molecule has 0 saturated heterocycles. The fourth-order valence-electron chi connectivity index (χ4n) is 2.23. The van der Waals surface area contributed by atoms with Crippen molar-refractivity contribution in [1.82, 2.24) is 9.36 Å². The van der Waals surface area contributed by atoms with E-state index in [4.69, 9.17) is 4.74 Å². The van der Waals surface area contributed by atoms with E-state index in [0.717, 1.165) is 21.7 Å². The van der Waals surface area contributed by atoms with E-state index in [9.17, 15) is 4.79 Å². The fraction of sp³-hybridized carbons (Fsp3) is 0.222. The van der Waals surface area contributed by atoms with Gasteiger partial charge in [0.25, 0.3) is 0 Å². The van der Waals surface area contributed by atoms with Crippen molar-refractivity contribution in [3.05, 3.63) is 52.7 Å². The highest BCUT2D eigenvalue weighted by molar-refractivity contribution is 7.13. The van der Waals surface area contributed by atoms with E-state index in [1.807, 2.05) is 24.4 Å². The molecule has 6 nitrogen and oxygen atoms in total. The maximum Gasteiger partial charge on any atom is 0.311 e. The number of nitrogens with zero attached hydrogens (tertiary/aromatic N) is 3. The van der Waals surface area contributed by atoms with Crippen LogP contribution in [0.3, 0.4) is 0 Å². The van der Waals surface area contributed by atoms with Crippen molar-refractivity contribution in [2.45, 2.75) is 20.3 Å². The number of nitrogens with one attached hydrogen (secondary N) is 1. The number of thiazole rings is 1. The van der Waals surface area contributed by atoms with Crippen LogP contribution in [0.1, 0.15) is 23.9 Å². The maximum absolute atomic E-state index is 11.5. The summed E-state index contributed by atoms with van der Waals surface area (Å²) >= 11 is 2.88. The third-order valence-corrected chi connectivity index (χ3v) is 5.08. The molecule has 0 aliphatic heterocycles. The Bertz CT molecular complexity index is 917. The van der Waals surface area contributed by atoms with Crippen molar-refractivity contribution in [2.24, 2.45) is 5.10 Å². The fourth-order valence-corrected chi connectivity index (χ4v) is 3.64. The van der Waals surface area contributed by atoms with Crippen molar-refractivity contribution in [2.75, 3.05) is 12.0 Å². The molecule has 0 aliphatic carbocycles. The van der Waals surface area contributed by atoms with E-state index >= 15 is 0 Å².